The molecular weight excluding hydrogens is 442 g/mol. The number of nitrogens with zero attached hydrogens (tertiary/aromatic N) is 1. The first-order valence-electron chi connectivity index (χ1n) is 10.6. The summed E-state index contributed by atoms with van der Waals surface area (Å²) >= 11 is 0. The smallest absolute Gasteiger partial charge is 0.311 e. The average Bonchev–Trinajstić information content (AvgIpc) is 3.18. The molecule has 1 atom stereocenters. The summed E-state index contributed by atoms with van der Waals surface area (Å²) in [5, 5.41) is 3.76. The molecule has 0 saturated carbocycles. The number of esters is 1. The van der Waals surface area contributed by atoms with Gasteiger partial charge >= 0.3 is 5.97 Å². The third-order valence-corrected chi connectivity index (χ3v) is 5.34. The molecule has 1 aliphatic heterocycles. The summed E-state index contributed by atoms with van der Waals surface area (Å²) in [5.41, 5.74) is 5.33. The average molecular weight is 469 g/mol. The fourth-order valence-electron chi connectivity index (χ4n) is 3.53. The summed E-state index contributed by atoms with van der Waals surface area (Å²) in [6.45, 7) is 3.27. The maximum atomic E-state index is 12.6. The number of methoxy groups -OCH3 is 2. The number of aryl methyl sites for hydroxylation is 2. The van der Waals surface area contributed by atoms with E-state index in [0.29, 0.717) is 17.2 Å². The van der Waals surface area contributed by atoms with Crippen LogP contribution in [0.5, 0.6) is 11.5 Å². The molecule has 1 heterocycles. The van der Waals surface area contributed by atoms with Gasteiger partial charge < -0.3 is 19.5 Å². The Kier molecular flexibility index (Phi) is 7.72. The van der Waals surface area contributed by atoms with Crippen molar-refractivity contribution in [2.75, 3.05) is 32.7 Å². The molecular formula is C24H27N3O7. The molecule has 1 saturated heterocycles. The second-order valence-electron chi connectivity index (χ2n) is 7.89. The largest absolute Gasteiger partial charge is 0.493 e. The third kappa shape index (κ3) is 5.83. The van der Waals surface area contributed by atoms with Gasteiger partial charge in [0, 0.05) is 17.7 Å². The number of ether oxygens (including phenoxy) is 3. The van der Waals surface area contributed by atoms with Crippen molar-refractivity contribution in [1.82, 2.24) is 10.4 Å². The first-order valence-corrected chi connectivity index (χ1v) is 10.6. The third-order valence-electron chi connectivity index (χ3n) is 5.34. The molecule has 3 amide bonds. The molecule has 0 aromatic heterocycles. The lowest BCUT2D eigenvalue weighted by Crippen LogP contribution is -2.43. The Labute approximate surface area is 197 Å². The Bertz CT molecular complexity index is 1120. The molecule has 0 bridgehead atoms. The Morgan fingerprint density at radius 3 is 2.44 bits per heavy atom. The van der Waals surface area contributed by atoms with Gasteiger partial charge in [-0.15, -0.1) is 0 Å². The van der Waals surface area contributed by atoms with Crippen LogP contribution in [0, 0.1) is 19.8 Å². The molecule has 2 N–H and O–H groups in total. The van der Waals surface area contributed by atoms with Gasteiger partial charge in [-0.2, -0.15) is 0 Å². The fourth-order valence-corrected chi connectivity index (χ4v) is 3.53. The van der Waals surface area contributed by atoms with Crippen LogP contribution in [0.1, 0.15) is 27.9 Å². The van der Waals surface area contributed by atoms with E-state index in [1.54, 1.807) is 12.1 Å². The van der Waals surface area contributed by atoms with Gasteiger partial charge in [0.2, 0.25) is 5.91 Å². The van der Waals surface area contributed by atoms with Gasteiger partial charge in [-0.05, 0) is 43.7 Å². The first kappa shape index (κ1) is 24.6. The zero-order valence-corrected chi connectivity index (χ0v) is 19.5. The number of carbonyl (C=O) groups is 4. The van der Waals surface area contributed by atoms with Crippen molar-refractivity contribution >= 4 is 29.4 Å². The minimum absolute atomic E-state index is 0.0601. The van der Waals surface area contributed by atoms with Crippen LogP contribution in [0.4, 0.5) is 5.69 Å². The molecule has 180 valence electrons. The monoisotopic (exact) mass is 469 g/mol. The Morgan fingerprint density at radius 1 is 1.03 bits per heavy atom. The summed E-state index contributed by atoms with van der Waals surface area (Å²) in [7, 11) is 2.93. The summed E-state index contributed by atoms with van der Waals surface area (Å²) in [5.74, 6) is -2.13. The number of hydrogen-bond acceptors (Lipinski definition) is 7. The summed E-state index contributed by atoms with van der Waals surface area (Å²) in [4.78, 5) is 49.4. The Morgan fingerprint density at radius 2 is 1.76 bits per heavy atom. The van der Waals surface area contributed by atoms with Crippen molar-refractivity contribution in [1.29, 1.82) is 0 Å². The lowest BCUT2D eigenvalue weighted by molar-refractivity contribution is -0.151. The molecule has 1 aliphatic rings. The summed E-state index contributed by atoms with van der Waals surface area (Å²) in [6, 6.07) is 10.1. The summed E-state index contributed by atoms with van der Waals surface area (Å²) < 4.78 is 15.4. The normalized spacial score (nSPS) is 15.0. The highest BCUT2D eigenvalue weighted by Crippen LogP contribution is 2.27. The van der Waals surface area contributed by atoms with Crippen molar-refractivity contribution < 1.29 is 33.4 Å². The molecule has 10 heteroatoms. The van der Waals surface area contributed by atoms with E-state index in [1.807, 2.05) is 26.0 Å². The van der Waals surface area contributed by atoms with Crippen molar-refractivity contribution in [3.05, 3.63) is 53.1 Å². The van der Waals surface area contributed by atoms with E-state index in [0.717, 1.165) is 16.1 Å². The quantitative estimate of drug-likeness (QED) is 0.567. The number of amides is 3. The van der Waals surface area contributed by atoms with E-state index in [2.05, 4.69) is 10.7 Å². The van der Waals surface area contributed by atoms with Crippen molar-refractivity contribution in [2.45, 2.75) is 20.3 Å². The van der Waals surface area contributed by atoms with Crippen LogP contribution in [0.15, 0.2) is 36.4 Å². The number of benzene rings is 2. The fraction of sp³-hybridized carbons (Fsp3) is 0.333. The van der Waals surface area contributed by atoms with Gasteiger partial charge in [0.05, 0.1) is 26.7 Å². The van der Waals surface area contributed by atoms with E-state index in [9.17, 15) is 19.2 Å². The molecule has 0 unspecified atom stereocenters. The number of hydrogen-bond donors (Lipinski definition) is 2. The van der Waals surface area contributed by atoms with E-state index < -0.39 is 36.2 Å². The predicted molar refractivity (Wildman–Crippen MR) is 122 cm³/mol. The highest BCUT2D eigenvalue weighted by molar-refractivity contribution is 5.97. The Balaban J connectivity index is 1.52. The number of carbonyl (C=O) groups excluding carboxylic acids is 4. The van der Waals surface area contributed by atoms with Crippen LogP contribution in [0.2, 0.25) is 0 Å². The molecule has 2 aromatic rings. The van der Waals surface area contributed by atoms with Crippen LogP contribution < -0.4 is 20.2 Å². The standard InChI is InChI=1S/C24H27N3O7/c1-14-5-7-18(15(2)9-14)25-21(28)13-34-24(31)17-11-22(29)27(12-17)26-23(30)16-6-8-19(32-3)20(10-16)33-4/h5-10,17H,11-13H2,1-4H3,(H,25,28)(H,26,30)/t17-/m0/s1. The topological polar surface area (TPSA) is 123 Å². The van der Waals surface area contributed by atoms with Gasteiger partial charge in [0.15, 0.2) is 18.1 Å². The van der Waals surface area contributed by atoms with Crippen LogP contribution in [-0.2, 0) is 19.1 Å². The lowest BCUT2D eigenvalue weighted by atomic mass is 10.1. The molecule has 0 radical (unpaired) electrons. The van der Waals surface area contributed by atoms with Gasteiger partial charge in [0.25, 0.3) is 11.8 Å². The number of anilines is 1. The van der Waals surface area contributed by atoms with E-state index in [-0.39, 0.29) is 18.5 Å². The Hall–Kier alpha value is -4.08. The van der Waals surface area contributed by atoms with Gasteiger partial charge in [-0.1, -0.05) is 17.7 Å². The zero-order chi connectivity index (χ0) is 24.8. The van der Waals surface area contributed by atoms with Crippen molar-refractivity contribution in [2.24, 2.45) is 5.92 Å². The second-order valence-corrected chi connectivity index (χ2v) is 7.89. The SMILES string of the molecule is COc1ccc(C(=O)NN2C[C@@H](C(=O)OCC(=O)Nc3ccc(C)cc3C)CC2=O)cc1OC. The molecule has 34 heavy (non-hydrogen) atoms. The minimum atomic E-state index is -0.799. The number of nitrogens with one attached hydrogen (secondary N) is 2. The highest BCUT2D eigenvalue weighted by Gasteiger charge is 2.36. The van der Waals surface area contributed by atoms with Crippen LogP contribution in [0.3, 0.4) is 0 Å². The second kappa shape index (κ2) is 10.7. The zero-order valence-electron chi connectivity index (χ0n) is 19.5. The molecule has 10 nitrogen and oxygen atoms in total. The first-order chi connectivity index (χ1) is 16.2. The highest BCUT2D eigenvalue weighted by atomic mass is 16.5. The van der Waals surface area contributed by atoms with Gasteiger partial charge in [-0.25, -0.2) is 0 Å². The molecule has 1 fully saturated rings. The van der Waals surface area contributed by atoms with Crippen LogP contribution in [0.25, 0.3) is 0 Å². The molecule has 2 aromatic carbocycles. The van der Waals surface area contributed by atoms with Crippen LogP contribution >= 0.6 is 0 Å². The van der Waals surface area contributed by atoms with Crippen molar-refractivity contribution in [3.63, 3.8) is 0 Å². The maximum Gasteiger partial charge on any atom is 0.311 e. The van der Waals surface area contributed by atoms with Gasteiger partial charge in [-0.3, -0.25) is 29.6 Å². The number of hydrazine groups is 1. The van der Waals surface area contributed by atoms with E-state index in [1.165, 1.54) is 26.4 Å². The van der Waals surface area contributed by atoms with Crippen molar-refractivity contribution in [3.8, 4) is 11.5 Å². The molecule has 3 rings (SSSR count). The maximum absolute atomic E-state index is 12.6. The predicted octanol–water partition coefficient (Wildman–Crippen LogP) is 2.00. The molecule has 0 spiro atoms. The van der Waals surface area contributed by atoms with E-state index in [4.69, 9.17) is 14.2 Å². The van der Waals surface area contributed by atoms with E-state index >= 15 is 0 Å². The lowest BCUT2D eigenvalue weighted by Gasteiger charge is -2.18. The molecule has 0 aliphatic carbocycles. The number of rotatable bonds is 8. The van der Waals surface area contributed by atoms with Crippen LogP contribution in [-0.4, -0.2) is 56.1 Å². The van der Waals surface area contributed by atoms with Gasteiger partial charge in [0.1, 0.15) is 0 Å². The summed E-state index contributed by atoms with van der Waals surface area (Å²) in [6.07, 6.45) is -0.135. The minimum Gasteiger partial charge on any atom is -0.493 e.